The predicted molar refractivity (Wildman–Crippen MR) is 115 cm³/mol. The van der Waals surface area contributed by atoms with Crippen LogP contribution in [-0.2, 0) is 11.2 Å². The van der Waals surface area contributed by atoms with E-state index in [0.717, 1.165) is 5.56 Å². The van der Waals surface area contributed by atoms with Crippen molar-refractivity contribution < 1.29 is 14.3 Å². The van der Waals surface area contributed by atoms with Crippen molar-refractivity contribution in [3.05, 3.63) is 70.2 Å². The average Bonchev–Trinajstić information content (AvgIpc) is 3.38. The van der Waals surface area contributed by atoms with Crippen molar-refractivity contribution in [2.75, 3.05) is 18.6 Å². The van der Waals surface area contributed by atoms with Crippen LogP contribution in [0.3, 0.4) is 0 Å². The number of carbonyl (C=O) groups excluding carboxylic acids is 2. The largest absolute Gasteiger partial charge is 0.489 e. The van der Waals surface area contributed by atoms with E-state index in [1.165, 1.54) is 4.90 Å². The van der Waals surface area contributed by atoms with E-state index < -0.39 is 11.9 Å². The normalized spacial score (nSPS) is 15.8. The summed E-state index contributed by atoms with van der Waals surface area (Å²) in [5, 5.41) is 9.38. The molecule has 4 N–H and O–H groups in total. The van der Waals surface area contributed by atoms with Gasteiger partial charge in [0.15, 0.2) is 0 Å². The molecule has 0 spiro atoms. The molecule has 11 nitrogen and oxygen atoms in total. The second-order valence-electron chi connectivity index (χ2n) is 7.45. The minimum Gasteiger partial charge on any atom is -0.489 e. The van der Waals surface area contributed by atoms with Gasteiger partial charge in [-0.05, 0) is 11.6 Å². The number of anilines is 1. The zero-order valence-electron chi connectivity index (χ0n) is 17.0. The highest BCUT2D eigenvalue weighted by Crippen LogP contribution is 2.33. The van der Waals surface area contributed by atoms with E-state index in [9.17, 15) is 14.4 Å². The van der Waals surface area contributed by atoms with Crippen molar-refractivity contribution in [1.82, 2.24) is 30.5 Å². The summed E-state index contributed by atoms with van der Waals surface area (Å²) < 4.78 is 5.78. The van der Waals surface area contributed by atoms with Crippen LogP contribution in [0.2, 0.25) is 0 Å². The van der Waals surface area contributed by atoms with Gasteiger partial charge in [0.05, 0.1) is 16.7 Å². The Morgan fingerprint density at radius 2 is 1.94 bits per heavy atom. The van der Waals surface area contributed by atoms with Gasteiger partial charge in [-0.15, -0.1) is 5.10 Å². The van der Waals surface area contributed by atoms with Crippen LogP contribution >= 0.6 is 0 Å². The van der Waals surface area contributed by atoms with Crippen LogP contribution < -0.4 is 20.6 Å². The lowest BCUT2D eigenvalue weighted by atomic mass is 10.1. The molecule has 0 unspecified atom stereocenters. The van der Waals surface area contributed by atoms with Gasteiger partial charge in [0.1, 0.15) is 24.2 Å². The number of amides is 2. The van der Waals surface area contributed by atoms with Gasteiger partial charge >= 0.3 is 5.69 Å². The van der Waals surface area contributed by atoms with E-state index in [1.807, 2.05) is 30.3 Å². The first-order valence-electron chi connectivity index (χ1n) is 9.90. The van der Waals surface area contributed by atoms with Crippen molar-refractivity contribution in [1.29, 1.82) is 0 Å². The van der Waals surface area contributed by atoms with Gasteiger partial charge in [0.2, 0.25) is 5.82 Å². The topological polar surface area (TPSA) is 149 Å². The molecule has 162 valence electrons. The number of fused-ring (bicyclic) bond motifs is 2. The fraction of sp³-hybridized carbons (Fsp3) is 0.190. The third kappa shape index (κ3) is 3.60. The third-order valence-electron chi connectivity index (χ3n) is 5.25. The molecule has 0 aliphatic carbocycles. The molecular weight excluding hydrogens is 414 g/mol. The Morgan fingerprint density at radius 1 is 1.19 bits per heavy atom. The van der Waals surface area contributed by atoms with E-state index in [4.69, 9.17) is 4.74 Å². The lowest BCUT2D eigenvalue weighted by Gasteiger charge is -2.19. The summed E-state index contributed by atoms with van der Waals surface area (Å²) in [5.41, 5.74) is 2.27. The van der Waals surface area contributed by atoms with E-state index in [0.29, 0.717) is 34.7 Å². The molecule has 0 bridgehead atoms. The van der Waals surface area contributed by atoms with Crippen LogP contribution in [0.15, 0.2) is 47.3 Å². The smallest absolute Gasteiger partial charge is 0.323 e. The zero-order valence-corrected chi connectivity index (χ0v) is 17.0. The van der Waals surface area contributed by atoms with Crippen LogP contribution in [-0.4, -0.2) is 56.7 Å². The average molecular weight is 433 g/mol. The fourth-order valence-corrected chi connectivity index (χ4v) is 3.62. The monoisotopic (exact) mass is 433 g/mol. The Balaban J connectivity index is 1.32. The van der Waals surface area contributed by atoms with Gasteiger partial charge in [-0.3, -0.25) is 14.7 Å². The Labute approximate surface area is 180 Å². The van der Waals surface area contributed by atoms with Gasteiger partial charge in [0.25, 0.3) is 11.8 Å². The fourth-order valence-electron chi connectivity index (χ4n) is 3.62. The summed E-state index contributed by atoms with van der Waals surface area (Å²) in [6.45, 7) is -0.0800. The summed E-state index contributed by atoms with van der Waals surface area (Å²) in [6, 6.07) is 12.0. The van der Waals surface area contributed by atoms with Crippen LogP contribution in [0.1, 0.15) is 22.0 Å². The van der Waals surface area contributed by atoms with E-state index in [2.05, 4.69) is 30.5 Å². The molecule has 2 aromatic carbocycles. The molecule has 0 saturated heterocycles. The molecule has 3 heterocycles. The Morgan fingerprint density at radius 3 is 2.72 bits per heavy atom. The highest BCUT2D eigenvalue weighted by Gasteiger charge is 2.32. The number of nitrogens with zero attached hydrogens (tertiary/aromatic N) is 3. The molecular formula is C21H19N7O4. The quantitative estimate of drug-likeness (QED) is 0.373. The summed E-state index contributed by atoms with van der Waals surface area (Å²) in [6.07, 6.45) is 0.500. The first-order valence-corrected chi connectivity index (χ1v) is 9.90. The number of H-pyrrole nitrogens is 3. The summed E-state index contributed by atoms with van der Waals surface area (Å²) in [4.78, 5) is 48.1. The molecule has 1 aliphatic rings. The number of imidazole rings is 1. The van der Waals surface area contributed by atoms with Crippen molar-refractivity contribution in [2.45, 2.75) is 12.5 Å². The summed E-state index contributed by atoms with van der Waals surface area (Å²) in [5.74, 6) is -0.0477. The van der Waals surface area contributed by atoms with Crippen LogP contribution in [0.25, 0.3) is 11.0 Å². The predicted octanol–water partition coefficient (Wildman–Crippen LogP) is 0.719. The second-order valence-corrected chi connectivity index (χ2v) is 7.45. The number of aromatic nitrogens is 5. The molecule has 0 fully saturated rings. The van der Waals surface area contributed by atoms with Crippen molar-refractivity contribution in [3.63, 3.8) is 0 Å². The number of hydrogen-bond acceptors (Lipinski definition) is 6. The number of aromatic amines is 3. The lowest BCUT2D eigenvalue weighted by molar-refractivity contribution is -0.120. The van der Waals surface area contributed by atoms with E-state index >= 15 is 0 Å². The van der Waals surface area contributed by atoms with E-state index in [1.54, 1.807) is 19.2 Å². The third-order valence-corrected chi connectivity index (χ3v) is 5.25. The molecule has 0 radical (unpaired) electrons. The Hall–Kier alpha value is -4.41. The zero-order chi connectivity index (χ0) is 22.2. The Bertz CT molecular complexity index is 1370. The van der Waals surface area contributed by atoms with E-state index in [-0.39, 0.29) is 24.0 Å². The minimum absolute atomic E-state index is 0.0564. The van der Waals surface area contributed by atoms with Gasteiger partial charge in [-0.2, -0.15) is 0 Å². The summed E-state index contributed by atoms with van der Waals surface area (Å²) in [7, 11) is 1.58. The molecule has 1 aliphatic heterocycles. The van der Waals surface area contributed by atoms with Crippen molar-refractivity contribution >= 4 is 28.5 Å². The molecule has 2 aromatic heterocycles. The SMILES string of the molecule is CN1C(=O)[C@@H](NC(=O)c2n[nH]c(Cc3ccccc3)n2)COc2cc3[nH]c(=O)[nH]c3cc21. The number of rotatable bonds is 4. The maximum Gasteiger partial charge on any atom is 0.323 e. The standard InChI is InChI=1S/C21H19N7O4/c1-28-15-8-12-13(24-21(31)23-12)9-16(15)32-10-14(20(28)30)22-19(29)18-25-17(26-27-18)7-11-5-3-2-4-6-11/h2-6,8-9,14H,7,10H2,1H3,(H,22,29)(H2,23,24,31)(H,25,26,27)/t14-/m0/s1. The maximum atomic E-state index is 13.0. The molecule has 5 rings (SSSR count). The highest BCUT2D eigenvalue weighted by molar-refractivity contribution is 6.03. The molecule has 11 heteroatoms. The molecule has 0 saturated carbocycles. The first kappa shape index (κ1) is 19.5. The minimum atomic E-state index is -0.937. The van der Waals surface area contributed by atoms with Crippen LogP contribution in [0.4, 0.5) is 5.69 Å². The van der Waals surface area contributed by atoms with Crippen LogP contribution in [0, 0.1) is 0 Å². The van der Waals surface area contributed by atoms with Crippen molar-refractivity contribution in [2.24, 2.45) is 0 Å². The van der Waals surface area contributed by atoms with Gasteiger partial charge in [-0.25, -0.2) is 9.78 Å². The number of hydrogen-bond donors (Lipinski definition) is 4. The number of benzene rings is 2. The lowest BCUT2D eigenvalue weighted by Crippen LogP contribution is -2.49. The number of ether oxygens (including phenoxy) is 1. The number of nitrogens with one attached hydrogen (secondary N) is 4. The molecule has 2 amide bonds. The maximum absolute atomic E-state index is 13.0. The Kier molecular flexibility index (Phi) is 4.70. The van der Waals surface area contributed by atoms with Crippen molar-refractivity contribution in [3.8, 4) is 5.75 Å². The first-order chi connectivity index (χ1) is 15.5. The number of carbonyl (C=O) groups is 2. The molecule has 4 aromatic rings. The molecule has 32 heavy (non-hydrogen) atoms. The van der Waals surface area contributed by atoms with Crippen LogP contribution in [0.5, 0.6) is 5.75 Å². The highest BCUT2D eigenvalue weighted by atomic mass is 16.5. The van der Waals surface area contributed by atoms with Gasteiger partial charge in [0, 0.05) is 19.5 Å². The van der Waals surface area contributed by atoms with Gasteiger partial charge in [-0.1, -0.05) is 30.3 Å². The second kappa shape index (κ2) is 7.69. The molecule has 1 atom stereocenters. The van der Waals surface area contributed by atoms with Gasteiger partial charge < -0.3 is 24.9 Å². The summed E-state index contributed by atoms with van der Waals surface area (Å²) >= 11 is 0. The number of likely N-dealkylation sites (N-methyl/N-ethyl adjacent to an activating group) is 1.